The van der Waals surface area contributed by atoms with Gasteiger partial charge in [-0.2, -0.15) is 5.10 Å². The van der Waals surface area contributed by atoms with Crippen LogP contribution in [-0.2, 0) is 16.0 Å². The number of ether oxygens (including phenoxy) is 2. The van der Waals surface area contributed by atoms with Crippen LogP contribution in [0.4, 0.5) is 0 Å². The zero-order valence-corrected chi connectivity index (χ0v) is 16.2. The number of H-pyrrole nitrogens is 1. The van der Waals surface area contributed by atoms with Gasteiger partial charge >= 0.3 is 5.97 Å². The minimum atomic E-state index is -0.545. The third-order valence-electron chi connectivity index (χ3n) is 3.97. The number of nitrogens with one attached hydrogen (secondary N) is 2. The average molecular weight is 373 g/mol. The van der Waals surface area contributed by atoms with Crippen molar-refractivity contribution >= 4 is 11.9 Å². The summed E-state index contributed by atoms with van der Waals surface area (Å²) in [7, 11) is 1.57. The lowest BCUT2D eigenvalue weighted by molar-refractivity contribution is -0.143. The zero-order chi connectivity index (χ0) is 19.8. The van der Waals surface area contributed by atoms with Crippen molar-refractivity contribution in [3.8, 4) is 5.75 Å². The van der Waals surface area contributed by atoms with Crippen LogP contribution in [-0.4, -0.2) is 35.8 Å². The summed E-state index contributed by atoms with van der Waals surface area (Å²) in [5, 5.41) is 9.85. The third-order valence-corrected chi connectivity index (χ3v) is 3.97. The SMILES string of the molecule is CCOC(=O)CC(NC(=O)c1cc(CC(C)C)[nH]n1)c1cccc(OC)c1. The molecule has 0 saturated carbocycles. The number of hydrogen-bond donors (Lipinski definition) is 2. The molecule has 7 nitrogen and oxygen atoms in total. The number of carbonyl (C=O) groups excluding carboxylic acids is 2. The van der Waals surface area contributed by atoms with Crippen molar-refractivity contribution in [3.63, 3.8) is 0 Å². The van der Waals surface area contributed by atoms with E-state index in [2.05, 4.69) is 29.4 Å². The maximum absolute atomic E-state index is 12.6. The van der Waals surface area contributed by atoms with Gasteiger partial charge in [0, 0.05) is 5.69 Å². The van der Waals surface area contributed by atoms with E-state index >= 15 is 0 Å². The monoisotopic (exact) mass is 373 g/mol. The Labute approximate surface area is 159 Å². The highest BCUT2D eigenvalue weighted by Gasteiger charge is 2.22. The Hall–Kier alpha value is -2.83. The van der Waals surface area contributed by atoms with Crippen LogP contribution in [0.15, 0.2) is 30.3 Å². The summed E-state index contributed by atoms with van der Waals surface area (Å²) in [5.41, 5.74) is 1.95. The first-order chi connectivity index (χ1) is 12.9. The first kappa shape index (κ1) is 20.5. The van der Waals surface area contributed by atoms with E-state index in [0.717, 1.165) is 17.7 Å². The van der Waals surface area contributed by atoms with Gasteiger partial charge in [0.15, 0.2) is 0 Å². The number of hydrogen-bond acceptors (Lipinski definition) is 5. The van der Waals surface area contributed by atoms with E-state index in [1.807, 2.05) is 12.1 Å². The van der Waals surface area contributed by atoms with Crippen LogP contribution in [0.25, 0.3) is 0 Å². The second kappa shape index (κ2) is 9.75. The predicted molar refractivity (Wildman–Crippen MR) is 102 cm³/mol. The molecule has 1 amide bonds. The van der Waals surface area contributed by atoms with E-state index in [-0.39, 0.29) is 24.9 Å². The minimum absolute atomic E-state index is 0.0238. The minimum Gasteiger partial charge on any atom is -0.497 e. The number of carbonyl (C=O) groups is 2. The second-order valence-corrected chi connectivity index (χ2v) is 6.69. The second-order valence-electron chi connectivity index (χ2n) is 6.69. The smallest absolute Gasteiger partial charge is 0.308 e. The molecular weight excluding hydrogens is 346 g/mol. The number of nitrogens with zero attached hydrogens (tertiary/aromatic N) is 1. The number of methoxy groups -OCH3 is 1. The molecule has 0 fully saturated rings. The summed E-state index contributed by atoms with van der Waals surface area (Å²) in [4.78, 5) is 24.6. The number of amides is 1. The van der Waals surface area contributed by atoms with Gasteiger partial charge in [0.25, 0.3) is 5.91 Å². The van der Waals surface area contributed by atoms with Gasteiger partial charge in [0.2, 0.25) is 0 Å². The number of esters is 1. The highest BCUT2D eigenvalue weighted by molar-refractivity contribution is 5.93. The fourth-order valence-electron chi connectivity index (χ4n) is 2.75. The number of aromatic amines is 1. The molecular formula is C20H27N3O4. The Morgan fingerprint density at radius 3 is 2.70 bits per heavy atom. The van der Waals surface area contributed by atoms with E-state index in [1.165, 1.54) is 0 Å². The van der Waals surface area contributed by atoms with Gasteiger partial charge in [0.1, 0.15) is 11.4 Å². The van der Waals surface area contributed by atoms with Gasteiger partial charge in [-0.25, -0.2) is 0 Å². The molecule has 1 atom stereocenters. The number of benzene rings is 1. The fraction of sp³-hybridized carbons (Fsp3) is 0.450. The Morgan fingerprint density at radius 2 is 2.04 bits per heavy atom. The van der Waals surface area contributed by atoms with Crippen LogP contribution < -0.4 is 10.1 Å². The molecule has 1 aromatic carbocycles. The van der Waals surface area contributed by atoms with Crippen LogP contribution in [0.3, 0.4) is 0 Å². The highest BCUT2D eigenvalue weighted by atomic mass is 16.5. The molecule has 2 N–H and O–H groups in total. The van der Waals surface area contributed by atoms with Crippen LogP contribution in [0.1, 0.15) is 55.0 Å². The van der Waals surface area contributed by atoms with Crippen LogP contribution >= 0.6 is 0 Å². The lowest BCUT2D eigenvalue weighted by Gasteiger charge is -2.18. The Kier molecular flexibility index (Phi) is 7.40. The number of aromatic nitrogens is 2. The molecule has 0 bridgehead atoms. The quantitative estimate of drug-likeness (QED) is 0.659. The molecule has 2 rings (SSSR count). The molecule has 146 valence electrons. The molecule has 2 aromatic rings. The molecule has 0 radical (unpaired) electrons. The summed E-state index contributed by atoms with van der Waals surface area (Å²) in [6, 6.07) is 8.44. The van der Waals surface area contributed by atoms with Crippen molar-refractivity contribution in [1.29, 1.82) is 0 Å². The Bertz CT molecular complexity index is 770. The summed E-state index contributed by atoms with van der Waals surface area (Å²) in [6.07, 6.45) is 0.832. The van der Waals surface area contributed by atoms with E-state index in [4.69, 9.17) is 9.47 Å². The standard InChI is InChI=1S/C20H27N3O4/c1-5-27-19(24)12-17(14-7-6-8-16(10-14)26-4)21-20(25)18-11-15(22-23-18)9-13(2)3/h6-8,10-11,13,17H,5,9,12H2,1-4H3,(H,21,25)(H,22,23). The van der Waals surface area contributed by atoms with E-state index in [0.29, 0.717) is 17.4 Å². The van der Waals surface area contributed by atoms with Gasteiger partial charge in [-0.3, -0.25) is 14.7 Å². The molecule has 0 aliphatic carbocycles. The normalized spacial score (nSPS) is 11.9. The third kappa shape index (κ3) is 6.13. The lowest BCUT2D eigenvalue weighted by atomic mass is 10.0. The van der Waals surface area contributed by atoms with E-state index in [1.54, 1.807) is 32.2 Å². The topological polar surface area (TPSA) is 93.3 Å². The van der Waals surface area contributed by atoms with Gasteiger partial charge in [-0.15, -0.1) is 0 Å². The first-order valence-corrected chi connectivity index (χ1v) is 9.07. The van der Waals surface area contributed by atoms with Crippen LogP contribution in [0, 0.1) is 5.92 Å². The summed E-state index contributed by atoms with van der Waals surface area (Å²) < 4.78 is 10.3. The molecule has 7 heteroatoms. The molecule has 1 heterocycles. The largest absolute Gasteiger partial charge is 0.497 e. The maximum atomic E-state index is 12.6. The first-order valence-electron chi connectivity index (χ1n) is 9.07. The van der Waals surface area contributed by atoms with Crippen LogP contribution in [0.2, 0.25) is 0 Å². The Balaban J connectivity index is 2.18. The molecule has 0 aliphatic heterocycles. The summed E-state index contributed by atoms with van der Waals surface area (Å²) in [5.74, 6) is 0.371. The van der Waals surface area contributed by atoms with E-state index in [9.17, 15) is 9.59 Å². The average Bonchev–Trinajstić information content (AvgIpc) is 3.09. The van der Waals surface area contributed by atoms with Crippen molar-refractivity contribution < 1.29 is 19.1 Å². The van der Waals surface area contributed by atoms with Crippen molar-refractivity contribution in [2.75, 3.05) is 13.7 Å². The van der Waals surface area contributed by atoms with Crippen LogP contribution in [0.5, 0.6) is 5.75 Å². The van der Waals surface area contributed by atoms with Gasteiger partial charge in [-0.05, 0) is 43.0 Å². The van der Waals surface area contributed by atoms with Gasteiger partial charge < -0.3 is 14.8 Å². The van der Waals surface area contributed by atoms with Crippen molar-refractivity contribution in [1.82, 2.24) is 15.5 Å². The zero-order valence-electron chi connectivity index (χ0n) is 16.2. The van der Waals surface area contributed by atoms with Crippen molar-refractivity contribution in [2.45, 2.75) is 39.7 Å². The molecule has 0 aliphatic rings. The van der Waals surface area contributed by atoms with Crippen molar-refractivity contribution in [2.24, 2.45) is 5.92 Å². The lowest BCUT2D eigenvalue weighted by Crippen LogP contribution is -2.31. The molecule has 27 heavy (non-hydrogen) atoms. The highest BCUT2D eigenvalue weighted by Crippen LogP contribution is 2.23. The van der Waals surface area contributed by atoms with Gasteiger partial charge in [0.05, 0.1) is 26.2 Å². The number of rotatable bonds is 9. The maximum Gasteiger partial charge on any atom is 0.308 e. The summed E-state index contributed by atoms with van der Waals surface area (Å²) in [6.45, 7) is 6.23. The molecule has 1 aromatic heterocycles. The molecule has 0 saturated heterocycles. The summed E-state index contributed by atoms with van der Waals surface area (Å²) >= 11 is 0. The van der Waals surface area contributed by atoms with E-state index < -0.39 is 6.04 Å². The Morgan fingerprint density at radius 1 is 1.26 bits per heavy atom. The fourth-order valence-corrected chi connectivity index (χ4v) is 2.75. The van der Waals surface area contributed by atoms with Crippen molar-refractivity contribution in [3.05, 3.63) is 47.3 Å². The van der Waals surface area contributed by atoms with Gasteiger partial charge in [-0.1, -0.05) is 26.0 Å². The predicted octanol–water partition coefficient (Wildman–Crippen LogP) is 3.04. The molecule has 1 unspecified atom stereocenters. The molecule has 0 spiro atoms.